The number of likely N-dealkylation sites (tertiary alicyclic amines) is 2. The molecule has 0 saturated carbocycles. The van der Waals surface area contributed by atoms with Crippen molar-refractivity contribution in [2.24, 2.45) is 0 Å². The third-order valence-electron chi connectivity index (χ3n) is 6.90. The van der Waals surface area contributed by atoms with E-state index in [9.17, 15) is 9.59 Å². The predicted octanol–water partition coefficient (Wildman–Crippen LogP) is 6.43. The molecule has 8 heteroatoms. The number of amides is 1. The number of hydrogen-bond donors (Lipinski definition) is 0. The zero-order valence-corrected chi connectivity index (χ0v) is 24.0. The van der Waals surface area contributed by atoms with Gasteiger partial charge in [-0.2, -0.15) is 9.78 Å². The molecule has 0 aliphatic carbocycles. The van der Waals surface area contributed by atoms with E-state index in [2.05, 4.69) is 29.2 Å². The number of rotatable bonds is 4. The summed E-state index contributed by atoms with van der Waals surface area (Å²) in [6.45, 7) is 15.6. The molecule has 2 aliphatic rings. The summed E-state index contributed by atoms with van der Waals surface area (Å²) in [7, 11) is 0. The Labute approximate surface area is 227 Å². The van der Waals surface area contributed by atoms with Crippen molar-refractivity contribution in [2.45, 2.75) is 97.3 Å². The molecule has 2 aliphatic heterocycles. The molecule has 0 bridgehead atoms. The standard InChI is InChI=1S/C30H44N4O4/c1-29(2,3)37-27(35)33-18-10-11-24(20-33)26-25(21-34(31-26)28(36)38-30(4,5)6)23-14-12-22(13-15-23)19-32-16-8-7-9-17-32/h12-15,21,24H,7-11,16-20H2,1-6H3/t24-/m0/s1. The molecule has 0 N–H and O–H groups in total. The molecule has 0 radical (unpaired) electrons. The fraction of sp³-hybridized carbons (Fsp3) is 0.633. The molecule has 2 aromatic rings. The number of benzene rings is 1. The third-order valence-corrected chi connectivity index (χ3v) is 6.90. The lowest BCUT2D eigenvalue weighted by atomic mass is 9.90. The molecule has 3 heterocycles. The number of hydrogen-bond acceptors (Lipinski definition) is 6. The smallest absolute Gasteiger partial charge is 0.435 e. The molecule has 0 unspecified atom stereocenters. The average Bonchev–Trinajstić information content (AvgIpc) is 3.29. The second-order valence-electron chi connectivity index (χ2n) is 12.7. The summed E-state index contributed by atoms with van der Waals surface area (Å²) in [6.07, 6.45) is 6.55. The highest BCUT2D eigenvalue weighted by Crippen LogP contribution is 2.35. The zero-order chi connectivity index (χ0) is 27.5. The lowest BCUT2D eigenvalue weighted by Gasteiger charge is -2.33. The third kappa shape index (κ3) is 7.59. The van der Waals surface area contributed by atoms with E-state index >= 15 is 0 Å². The second kappa shape index (κ2) is 11.5. The van der Waals surface area contributed by atoms with Gasteiger partial charge in [-0.15, -0.1) is 0 Å². The number of ether oxygens (including phenoxy) is 2. The first-order valence-electron chi connectivity index (χ1n) is 14.0. The molecule has 4 rings (SSSR count). The highest BCUT2D eigenvalue weighted by molar-refractivity contribution is 5.75. The van der Waals surface area contributed by atoms with Crippen molar-refractivity contribution in [3.8, 4) is 11.1 Å². The maximum absolute atomic E-state index is 12.9. The summed E-state index contributed by atoms with van der Waals surface area (Å²) in [4.78, 5) is 30.0. The summed E-state index contributed by atoms with van der Waals surface area (Å²) in [5.74, 6) is -0.0111. The van der Waals surface area contributed by atoms with Gasteiger partial charge in [-0.1, -0.05) is 30.7 Å². The maximum Gasteiger partial charge on any atom is 0.435 e. The van der Waals surface area contributed by atoms with Crippen LogP contribution in [0.3, 0.4) is 0 Å². The number of piperidine rings is 2. The largest absolute Gasteiger partial charge is 0.444 e. The topological polar surface area (TPSA) is 76.9 Å². The van der Waals surface area contributed by atoms with Gasteiger partial charge >= 0.3 is 12.2 Å². The highest BCUT2D eigenvalue weighted by atomic mass is 16.6. The SMILES string of the molecule is CC(C)(C)OC(=O)N1CCC[C@H](c2nn(C(=O)OC(C)(C)C)cc2-c2ccc(CN3CCCCC3)cc2)C1. The monoisotopic (exact) mass is 524 g/mol. The predicted molar refractivity (Wildman–Crippen MR) is 148 cm³/mol. The number of aromatic nitrogens is 2. The van der Waals surface area contributed by atoms with Crippen molar-refractivity contribution in [1.29, 1.82) is 0 Å². The molecule has 1 aromatic heterocycles. The van der Waals surface area contributed by atoms with Crippen LogP contribution < -0.4 is 0 Å². The Morgan fingerprint density at radius 3 is 2.13 bits per heavy atom. The maximum atomic E-state index is 12.9. The molecule has 1 atom stereocenters. The summed E-state index contributed by atoms with van der Waals surface area (Å²) in [5, 5.41) is 4.73. The van der Waals surface area contributed by atoms with Crippen LogP contribution in [0, 0.1) is 0 Å². The first-order chi connectivity index (χ1) is 17.9. The normalized spacial score (nSPS) is 19.3. The van der Waals surface area contributed by atoms with Crippen LogP contribution in [0.15, 0.2) is 30.5 Å². The minimum Gasteiger partial charge on any atom is -0.444 e. The first kappa shape index (κ1) is 28.1. The molecule has 2 fully saturated rings. The molecular weight excluding hydrogens is 480 g/mol. The number of carbonyl (C=O) groups is 2. The van der Waals surface area contributed by atoms with Crippen LogP contribution in [0.1, 0.15) is 90.8 Å². The van der Waals surface area contributed by atoms with Gasteiger partial charge in [0.2, 0.25) is 0 Å². The first-order valence-corrected chi connectivity index (χ1v) is 14.0. The molecule has 1 amide bonds. The Morgan fingerprint density at radius 1 is 0.868 bits per heavy atom. The zero-order valence-electron chi connectivity index (χ0n) is 24.0. The van der Waals surface area contributed by atoms with Crippen molar-refractivity contribution in [1.82, 2.24) is 19.6 Å². The Balaban J connectivity index is 1.60. The summed E-state index contributed by atoms with van der Waals surface area (Å²) < 4.78 is 12.5. The van der Waals surface area contributed by atoms with Gasteiger partial charge in [-0.3, -0.25) is 4.90 Å². The molecule has 38 heavy (non-hydrogen) atoms. The van der Waals surface area contributed by atoms with Gasteiger partial charge in [0.25, 0.3) is 0 Å². The van der Waals surface area contributed by atoms with Crippen LogP contribution in [0.25, 0.3) is 11.1 Å². The fourth-order valence-electron chi connectivity index (χ4n) is 5.17. The lowest BCUT2D eigenvalue weighted by Crippen LogP contribution is -2.42. The Bertz CT molecular complexity index is 1100. The summed E-state index contributed by atoms with van der Waals surface area (Å²) >= 11 is 0. The van der Waals surface area contributed by atoms with Crippen molar-refractivity contribution < 1.29 is 19.1 Å². The van der Waals surface area contributed by atoms with Crippen LogP contribution in [0.4, 0.5) is 9.59 Å². The van der Waals surface area contributed by atoms with Gasteiger partial charge in [0.05, 0.1) is 5.69 Å². The Kier molecular flexibility index (Phi) is 8.50. The minimum atomic E-state index is -0.627. The molecule has 8 nitrogen and oxygen atoms in total. The van der Waals surface area contributed by atoms with E-state index in [1.807, 2.05) is 41.5 Å². The van der Waals surface area contributed by atoms with E-state index in [0.717, 1.165) is 49.3 Å². The van der Waals surface area contributed by atoms with E-state index in [1.54, 1.807) is 11.1 Å². The van der Waals surface area contributed by atoms with Gasteiger partial charge in [-0.05, 0) is 91.4 Å². The Morgan fingerprint density at radius 2 is 1.50 bits per heavy atom. The van der Waals surface area contributed by atoms with Crippen molar-refractivity contribution in [3.63, 3.8) is 0 Å². The molecule has 2 saturated heterocycles. The van der Waals surface area contributed by atoms with Crippen molar-refractivity contribution in [3.05, 3.63) is 41.7 Å². The van der Waals surface area contributed by atoms with E-state index in [1.165, 1.54) is 29.5 Å². The van der Waals surface area contributed by atoms with Crippen LogP contribution in [-0.4, -0.2) is 69.1 Å². The summed E-state index contributed by atoms with van der Waals surface area (Å²) in [6, 6.07) is 8.58. The highest BCUT2D eigenvalue weighted by Gasteiger charge is 2.32. The van der Waals surface area contributed by atoms with Crippen LogP contribution >= 0.6 is 0 Å². The van der Waals surface area contributed by atoms with Crippen LogP contribution in [0.2, 0.25) is 0 Å². The van der Waals surface area contributed by atoms with Crippen molar-refractivity contribution >= 4 is 12.2 Å². The van der Waals surface area contributed by atoms with Gasteiger partial charge in [0.15, 0.2) is 0 Å². The van der Waals surface area contributed by atoms with E-state index < -0.39 is 17.3 Å². The van der Waals surface area contributed by atoms with Gasteiger partial charge < -0.3 is 14.4 Å². The van der Waals surface area contributed by atoms with E-state index in [-0.39, 0.29) is 12.0 Å². The molecule has 0 spiro atoms. The quantitative estimate of drug-likeness (QED) is 0.458. The Hall–Kier alpha value is -2.87. The van der Waals surface area contributed by atoms with E-state index in [4.69, 9.17) is 14.6 Å². The van der Waals surface area contributed by atoms with Gasteiger partial charge in [0, 0.05) is 37.3 Å². The molecular formula is C30H44N4O4. The minimum absolute atomic E-state index is 0.0111. The lowest BCUT2D eigenvalue weighted by molar-refractivity contribution is 0.0196. The molecule has 1 aromatic carbocycles. The van der Waals surface area contributed by atoms with Gasteiger partial charge in [-0.25, -0.2) is 9.59 Å². The fourth-order valence-corrected chi connectivity index (χ4v) is 5.17. The van der Waals surface area contributed by atoms with Gasteiger partial charge in [0.1, 0.15) is 11.2 Å². The van der Waals surface area contributed by atoms with Crippen LogP contribution in [0.5, 0.6) is 0 Å². The van der Waals surface area contributed by atoms with Crippen LogP contribution in [-0.2, 0) is 16.0 Å². The number of nitrogens with zero attached hydrogens (tertiary/aromatic N) is 4. The van der Waals surface area contributed by atoms with Crippen molar-refractivity contribution in [2.75, 3.05) is 26.2 Å². The number of carbonyl (C=O) groups excluding carboxylic acids is 2. The van der Waals surface area contributed by atoms with E-state index in [0.29, 0.717) is 13.1 Å². The average molecular weight is 525 g/mol. The summed E-state index contributed by atoms with van der Waals surface area (Å²) in [5.41, 5.74) is 2.82. The molecule has 208 valence electrons. The second-order valence-corrected chi connectivity index (χ2v) is 12.7.